The number of hydrogen-bond acceptors (Lipinski definition) is 3. The van der Waals surface area contributed by atoms with Crippen molar-refractivity contribution in [2.75, 3.05) is 18.4 Å². The summed E-state index contributed by atoms with van der Waals surface area (Å²) in [4.78, 5) is 42.5. The average Bonchev–Trinajstić information content (AvgIpc) is 2.84. The van der Waals surface area contributed by atoms with Gasteiger partial charge in [0.15, 0.2) is 0 Å². The largest absolute Gasteiger partial charge is 0.341 e. The van der Waals surface area contributed by atoms with Crippen molar-refractivity contribution in [2.45, 2.75) is 65.0 Å². The number of benzene rings is 2. The number of piperidine rings is 1. The van der Waals surface area contributed by atoms with Gasteiger partial charge in [-0.1, -0.05) is 42.8 Å². The number of aryl methyl sites for hydroxylation is 1. The number of anilines is 1. The second-order valence-corrected chi connectivity index (χ2v) is 9.18. The minimum absolute atomic E-state index is 0.0390. The first-order valence-electron chi connectivity index (χ1n) is 12.0. The minimum Gasteiger partial charge on any atom is -0.341 e. The van der Waals surface area contributed by atoms with Gasteiger partial charge in [0.2, 0.25) is 17.7 Å². The lowest BCUT2D eigenvalue weighted by atomic mass is 9.91. The van der Waals surface area contributed by atoms with Gasteiger partial charge in [-0.05, 0) is 55.0 Å². The van der Waals surface area contributed by atoms with Gasteiger partial charge in [-0.3, -0.25) is 14.4 Å². The first-order chi connectivity index (χ1) is 15.9. The molecule has 0 aromatic heterocycles. The number of carbonyl (C=O) groups is 3. The number of nitrogens with zero attached hydrogens (tertiary/aromatic N) is 2. The van der Waals surface area contributed by atoms with Crippen LogP contribution < -0.4 is 5.32 Å². The molecule has 1 fully saturated rings. The van der Waals surface area contributed by atoms with Crippen LogP contribution in [0.3, 0.4) is 0 Å². The van der Waals surface area contributed by atoms with Crippen molar-refractivity contribution in [3.05, 3.63) is 64.7 Å². The molecule has 4 rings (SSSR count). The summed E-state index contributed by atoms with van der Waals surface area (Å²) in [6.45, 7) is 5.75. The van der Waals surface area contributed by atoms with Crippen LogP contribution in [0.1, 0.15) is 54.9 Å². The Bertz CT molecular complexity index is 1030. The number of likely N-dealkylation sites (tertiary alicyclic amines) is 1. The molecule has 33 heavy (non-hydrogen) atoms. The lowest BCUT2D eigenvalue weighted by molar-refractivity contribution is -0.147. The molecule has 2 aromatic rings. The molecule has 6 heteroatoms. The lowest BCUT2D eigenvalue weighted by Crippen LogP contribution is -2.54. The molecule has 2 heterocycles. The molecular weight excluding hydrogens is 414 g/mol. The van der Waals surface area contributed by atoms with E-state index in [4.69, 9.17) is 0 Å². The number of fused-ring (bicyclic) bond motifs is 1. The number of nitrogens with one attached hydrogen (secondary N) is 1. The van der Waals surface area contributed by atoms with E-state index in [0.717, 1.165) is 60.3 Å². The molecule has 2 aliphatic heterocycles. The van der Waals surface area contributed by atoms with Crippen LogP contribution in [0.5, 0.6) is 0 Å². The fraction of sp³-hybridized carbons (Fsp3) is 0.444. The van der Waals surface area contributed by atoms with Gasteiger partial charge < -0.3 is 15.1 Å². The van der Waals surface area contributed by atoms with Crippen molar-refractivity contribution in [3.8, 4) is 0 Å². The summed E-state index contributed by atoms with van der Waals surface area (Å²) in [7, 11) is 0. The Labute approximate surface area is 196 Å². The Kier molecular flexibility index (Phi) is 7.11. The molecule has 174 valence electrons. The molecular formula is C27H33N3O3. The lowest BCUT2D eigenvalue weighted by Gasteiger charge is -2.40. The van der Waals surface area contributed by atoms with Crippen LogP contribution in [0, 0.1) is 6.92 Å². The van der Waals surface area contributed by atoms with Crippen LogP contribution in [0.2, 0.25) is 0 Å². The van der Waals surface area contributed by atoms with Gasteiger partial charge in [0.1, 0.15) is 6.04 Å². The van der Waals surface area contributed by atoms with Crippen LogP contribution in [-0.4, -0.2) is 46.7 Å². The third-order valence-corrected chi connectivity index (χ3v) is 6.69. The van der Waals surface area contributed by atoms with E-state index >= 15 is 0 Å². The van der Waals surface area contributed by atoms with Crippen molar-refractivity contribution < 1.29 is 14.4 Å². The fourth-order valence-electron chi connectivity index (χ4n) is 4.70. The Balaban J connectivity index is 1.60. The van der Waals surface area contributed by atoms with Gasteiger partial charge in [-0.2, -0.15) is 0 Å². The number of hydrogen-bond donors (Lipinski definition) is 1. The molecule has 1 saturated heterocycles. The van der Waals surface area contributed by atoms with Gasteiger partial charge in [-0.15, -0.1) is 0 Å². The van der Waals surface area contributed by atoms with Gasteiger partial charge in [0.25, 0.3) is 0 Å². The Morgan fingerprint density at radius 1 is 0.970 bits per heavy atom. The zero-order chi connectivity index (χ0) is 23.4. The van der Waals surface area contributed by atoms with Crippen molar-refractivity contribution in [1.82, 2.24) is 9.80 Å². The molecule has 0 saturated carbocycles. The SMILES string of the molecule is CCC(=O)Nc1ccc2c(c1)CN(C(=O)Cc1ccc(C)cc1)C(C(=O)N1CCCCC1)C2. The van der Waals surface area contributed by atoms with E-state index in [0.29, 0.717) is 19.4 Å². The summed E-state index contributed by atoms with van der Waals surface area (Å²) >= 11 is 0. The van der Waals surface area contributed by atoms with E-state index in [-0.39, 0.29) is 24.1 Å². The maximum Gasteiger partial charge on any atom is 0.245 e. The summed E-state index contributed by atoms with van der Waals surface area (Å²) in [5, 5.41) is 2.90. The van der Waals surface area contributed by atoms with E-state index in [9.17, 15) is 14.4 Å². The van der Waals surface area contributed by atoms with Crippen molar-refractivity contribution in [2.24, 2.45) is 0 Å². The van der Waals surface area contributed by atoms with E-state index < -0.39 is 6.04 Å². The number of rotatable bonds is 5. The second kappa shape index (κ2) is 10.2. The molecule has 1 unspecified atom stereocenters. The highest BCUT2D eigenvalue weighted by Crippen LogP contribution is 2.28. The highest BCUT2D eigenvalue weighted by molar-refractivity contribution is 5.91. The summed E-state index contributed by atoms with van der Waals surface area (Å²) < 4.78 is 0. The van der Waals surface area contributed by atoms with Crippen molar-refractivity contribution in [1.29, 1.82) is 0 Å². The smallest absolute Gasteiger partial charge is 0.245 e. The Morgan fingerprint density at radius 2 is 1.70 bits per heavy atom. The fourth-order valence-corrected chi connectivity index (χ4v) is 4.70. The maximum atomic E-state index is 13.5. The van der Waals surface area contributed by atoms with E-state index in [1.807, 2.05) is 61.2 Å². The molecule has 0 radical (unpaired) electrons. The first-order valence-corrected chi connectivity index (χ1v) is 12.0. The topological polar surface area (TPSA) is 69.7 Å². The first kappa shape index (κ1) is 23.0. The van der Waals surface area contributed by atoms with Gasteiger partial charge >= 0.3 is 0 Å². The molecule has 0 spiro atoms. The van der Waals surface area contributed by atoms with Crippen LogP contribution >= 0.6 is 0 Å². The monoisotopic (exact) mass is 447 g/mol. The quantitative estimate of drug-likeness (QED) is 0.757. The summed E-state index contributed by atoms with van der Waals surface area (Å²) in [6.07, 6.45) is 4.38. The normalized spacial score (nSPS) is 17.9. The summed E-state index contributed by atoms with van der Waals surface area (Å²) in [5.41, 5.74) is 4.89. The number of amides is 3. The van der Waals surface area contributed by atoms with E-state index in [1.165, 1.54) is 0 Å². The molecule has 1 atom stereocenters. The van der Waals surface area contributed by atoms with Crippen molar-refractivity contribution >= 4 is 23.4 Å². The minimum atomic E-state index is -0.482. The van der Waals surface area contributed by atoms with Crippen LogP contribution in [0.25, 0.3) is 0 Å². The summed E-state index contributed by atoms with van der Waals surface area (Å²) in [5.74, 6) is -0.0277. The van der Waals surface area contributed by atoms with E-state index in [1.54, 1.807) is 4.90 Å². The zero-order valence-electron chi connectivity index (χ0n) is 19.6. The number of carbonyl (C=O) groups excluding carboxylic acids is 3. The maximum absolute atomic E-state index is 13.5. The standard InChI is InChI=1S/C27H33N3O3/c1-3-25(31)28-23-12-11-21-17-24(27(33)29-13-5-4-6-14-29)30(18-22(21)16-23)26(32)15-20-9-7-19(2)8-10-20/h7-12,16,24H,3-6,13-15,17-18H2,1-2H3,(H,28,31). The third kappa shape index (κ3) is 5.44. The van der Waals surface area contributed by atoms with Gasteiger partial charge in [0, 0.05) is 38.2 Å². The highest BCUT2D eigenvalue weighted by atomic mass is 16.2. The van der Waals surface area contributed by atoms with Crippen LogP contribution in [0.4, 0.5) is 5.69 Å². The summed E-state index contributed by atoms with van der Waals surface area (Å²) in [6, 6.07) is 13.3. The predicted octanol–water partition coefficient (Wildman–Crippen LogP) is 3.85. The zero-order valence-corrected chi connectivity index (χ0v) is 19.6. The molecule has 1 N–H and O–H groups in total. The van der Waals surface area contributed by atoms with Crippen molar-refractivity contribution in [3.63, 3.8) is 0 Å². The Hall–Kier alpha value is -3.15. The van der Waals surface area contributed by atoms with Crippen LogP contribution in [0.15, 0.2) is 42.5 Å². The molecule has 6 nitrogen and oxygen atoms in total. The van der Waals surface area contributed by atoms with Gasteiger partial charge in [0.05, 0.1) is 6.42 Å². The molecule has 2 aromatic carbocycles. The molecule has 0 bridgehead atoms. The average molecular weight is 448 g/mol. The highest BCUT2D eigenvalue weighted by Gasteiger charge is 2.37. The molecule has 2 aliphatic rings. The third-order valence-electron chi connectivity index (χ3n) is 6.69. The van der Waals surface area contributed by atoms with Gasteiger partial charge in [-0.25, -0.2) is 0 Å². The predicted molar refractivity (Wildman–Crippen MR) is 129 cm³/mol. The van der Waals surface area contributed by atoms with Crippen LogP contribution in [-0.2, 0) is 33.8 Å². The Morgan fingerprint density at radius 3 is 2.39 bits per heavy atom. The second-order valence-electron chi connectivity index (χ2n) is 9.18. The molecule has 3 amide bonds. The molecule has 0 aliphatic carbocycles. The van der Waals surface area contributed by atoms with E-state index in [2.05, 4.69) is 5.32 Å².